The van der Waals surface area contributed by atoms with Gasteiger partial charge in [-0.15, -0.1) is 0 Å². The van der Waals surface area contributed by atoms with Gasteiger partial charge in [-0.1, -0.05) is 31.9 Å². The molecule has 2 rings (SSSR count). The van der Waals surface area contributed by atoms with E-state index in [9.17, 15) is 13.2 Å². The number of aryl methyl sites for hydroxylation is 1. The molecule has 24 heavy (non-hydrogen) atoms. The number of amides is 1. The lowest BCUT2D eigenvalue weighted by molar-refractivity contribution is -0.131. The van der Waals surface area contributed by atoms with Crippen LogP contribution in [0, 0.1) is 0 Å². The van der Waals surface area contributed by atoms with Crippen molar-refractivity contribution in [3.8, 4) is 0 Å². The number of carbonyl (C=O) groups is 1. The van der Waals surface area contributed by atoms with Crippen LogP contribution in [0.15, 0.2) is 29.2 Å². The number of likely N-dealkylation sites (tertiary alicyclic amines) is 1. The summed E-state index contributed by atoms with van der Waals surface area (Å²) in [6.07, 6.45) is 6.53. The van der Waals surface area contributed by atoms with E-state index in [4.69, 9.17) is 0 Å². The molecule has 5 nitrogen and oxygen atoms in total. The predicted molar refractivity (Wildman–Crippen MR) is 95.3 cm³/mol. The fourth-order valence-electron chi connectivity index (χ4n) is 2.88. The number of rotatable bonds is 7. The molecule has 0 atom stereocenters. The molecule has 0 radical (unpaired) electrons. The molecular weight excluding hydrogens is 324 g/mol. The maximum absolute atomic E-state index is 12.3. The molecule has 1 aliphatic rings. The van der Waals surface area contributed by atoms with Crippen LogP contribution in [0.4, 0.5) is 0 Å². The van der Waals surface area contributed by atoms with E-state index in [-0.39, 0.29) is 10.8 Å². The van der Waals surface area contributed by atoms with Gasteiger partial charge in [0.05, 0.1) is 4.90 Å². The molecule has 0 aromatic heterocycles. The van der Waals surface area contributed by atoms with Crippen LogP contribution in [0.3, 0.4) is 0 Å². The Hall–Kier alpha value is -1.40. The number of sulfonamides is 1. The van der Waals surface area contributed by atoms with E-state index in [0.717, 1.165) is 37.9 Å². The van der Waals surface area contributed by atoms with E-state index >= 15 is 0 Å². The molecule has 6 heteroatoms. The number of carbonyl (C=O) groups excluding carboxylic acids is 1. The summed E-state index contributed by atoms with van der Waals surface area (Å²) in [5.41, 5.74) is 0.993. The molecule has 1 saturated heterocycles. The minimum Gasteiger partial charge on any atom is -0.343 e. The average molecular weight is 353 g/mol. The van der Waals surface area contributed by atoms with Crippen LogP contribution in [-0.2, 0) is 21.2 Å². The second-order valence-corrected chi connectivity index (χ2v) is 8.10. The molecule has 0 spiro atoms. The Morgan fingerprint density at radius 3 is 2.29 bits per heavy atom. The van der Waals surface area contributed by atoms with Crippen LogP contribution in [0.2, 0.25) is 0 Å². The van der Waals surface area contributed by atoms with Crippen LogP contribution >= 0.6 is 0 Å². The first-order valence-corrected chi connectivity index (χ1v) is 10.4. The molecule has 1 heterocycles. The topological polar surface area (TPSA) is 66.5 Å². The highest BCUT2D eigenvalue weighted by atomic mass is 32.2. The predicted octanol–water partition coefficient (Wildman–Crippen LogP) is 2.71. The summed E-state index contributed by atoms with van der Waals surface area (Å²) in [6.45, 7) is 4.11. The molecule has 1 aliphatic heterocycles. The third-order valence-electron chi connectivity index (χ3n) is 4.36. The summed E-state index contributed by atoms with van der Waals surface area (Å²) in [4.78, 5) is 14.5. The highest BCUT2D eigenvalue weighted by molar-refractivity contribution is 7.89. The third-order valence-corrected chi connectivity index (χ3v) is 5.84. The molecular formula is C18H28N2O3S. The van der Waals surface area contributed by atoms with Crippen LogP contribution in [0.5, 0.6) is 0 Å². The lowest BCUT2D eigenvalue weighted by atomic mass is 10.1. The Balaban J connectivity index is 1.88. The van der Waals surface area contributed by atoms with Gasteiger partial charge < -0.3 is 4.90 Å². The van der Waals surface area contributed by atoms with E-state index in [2.05, 4.69) is 4.72 Å². The maximum Gasteiger partial charge on any atom is 0.240 e. The molecule has 1 aromatic rings. The summed E-state index contributed by atoms with van der Waals surface area (Å²) in [6, 6.07) is 6.83. The molecule has 1 amide bonds. The van der Waals surface area contributed by atoms with Crippen molar-refractivity contribution >= 4 is 15.9 Å². The van der Waals surface area contributed by atoms with E-state index in [0.29, 0.717) is 19.4 Å². The van der Waals surface area contributed by atoms with Crippen molar-refractivity contribution in [2.45, 2.75) is 56.8 Å². The fraction of sp³-hybridized carbons (Fsp3) is 0.611. The van der Waals surface area contributed by atoms with Gasteiger partial charge in [0.15, 0.2) is 0 Å². The summed E-state index contributed by atoms with van der Waals surface area (Å²) in [5, 5.41) is 0. The van der Waals surface area contributed by atoms with Crippen molar-refractivity contribution in [3.63, 3.8) is 0 Å². The van der Waals surface area contributed by atoms with Gasteiger partial charge in [-0.3, -0.25) is 4.79 Å². The molecule has 0 saturated carbocycles. The minimum atomic E-state index is -3.42. The number of hydrogen-bond acceptors (Lipinski definition) is 3. The van der Waals surface area contributed by atoms with Gasteiger partial charge >= 0.3 is 0 Å². The first-order chi connectivity index (χ1) is 11.5. The quantitative estimate of drug-likeness (QED) is 0.820. The third kappa shape index (κ3) is 5.60. The summed E-state index contributed by atoms with van der Waals surface area (Å²) >= 11 is 0. The van der Waals surface area contributed by atoms with Crippen molar-refractivity contribution in [1.82, 2.24) is 9.62 Å². The van der Waals surface area contributed by atoms with Crippen LogP contribution < -0.4 is 4.72 Å². The molecule has 0 unspecified atom stereocenters. The van der Waals surface area contributed by atoms with E-state index < -0.39 is 10.0 Å². The Labute approximate surface area is 145 Å². The molecule has 0 aliphatic carbocycles. The Morgan fingerprint density at radius 2 is 1.71 bits per heavy atom. The van der Waals surface area contributed by atoms with E-state index in [1.807, 2.05) is 11.8 Å². The molecule has 1 N–H and O–H groups in total. The van der Waals surface area contributed by atoms with Crippen molar-refractivity contribution < 1.29 is 13.2 Å². The number of nitrogens with zero attached hydrogens (tertiary/aromatic N) is 1. The second-order valence-electron chi connectivity index (χ2n) is 6.34. The SMILES string of the molecule is CCCNS(=O)(=O)c1ccc(CCC(=O)N2CCCCCC2)cc1. The smallest absolute Gasteiger partial charge is 0.240 e. The van der Waals surface area contributed by atoms with Gasteiger partial charge in [0.2, 0.25) is 15.9 Å². The number of hydrogen-bond donors (Lipinski definition) is 1. The monoisotopic (exact) mass is 352 g/mol. The standard InChI is InChI=1S/C18H28N2O3S/c1-2-13-19-24(22,23)17-10-7-16(8-11-17)9-12-18(21)20-14-5-3-4-6-15-20/h7-8,10-11,19H,2-6,9,12-15H2,1H3. The van der Waals surface area contributed by atoms with Gasteiger partial charge in [-0.2, -0.15) is 0 Å². The first-order valence-electron chi connectivity index (χ1n) is 8.89. The van der Waals surface area contributed by atoms with Gasteiger partial charge in [-0.05, 0) is 43.4 Å². The van der Waals surface area contributed by atoms with Crippen LogP contribution in [0.1, 0.15) is 51.0 Å². The van der Waals surface area contributed by atoms with Gasteiger partial charge in [0, 0.05) is 26.1 Å². The highest BCUT2D eigenvalue weighted by Gasteiger charge is 2.16. The van der Waals surface area contributed by atoms with E-state index in [1.54, 1.807) is 24.3 Å². The van der Waals surface area contributed by atoms with E-state index in [1.165, 1.54) is 12.8 Å². The lowest BCUT2D eigenvalue weighted by Gasteiger charge is -2.20. The zero-order chi connectivity index (χ0) is 17.4. The van der Waals surface area contributed by atoms with Gasteiger partial charge in [0.1, 0.15) is 0 Å². The Bertz CT molecular complexity index is 618. The zero-order valence-electron chi connectivity index (χ0n) is 14.5. The molecule has 1 aromatic carbocycles. The minimum absolute atomic E-state index is 0.207. The largest absolute Gasteiger partial charge is 0.343 e. The van der Waals surface area contributed by atoms with Crippen molar-refractivity contribution in [2.24, 2.45) is 0 Å². The Kier molecular flexibility index (Phi) is 7.24. The van der Waals surface area contributed by atoms with Crippen LogP contribution in [0.25, 0.3) is 0 Å². The first kappa shape index (κ1) is 18.9. The molecule has 0 bridgehead atoms. The summed E-state index contributed by atoms with van der Waals surface area (Å²) in [7, 11) is -3.42. The van der Waals surface area contributed by atoms with Gasteiger partial charge in [0.25, 0.3) is 0 Å². The van der Waals surface area contributed by atoms with Crippen molar-refractivity contribution in [2.75, 3.05) is 19.6 Å². The number of nitrogens with one attached hydrogen (secondary N) is 1. The zero-order valence-corrected chi connectivity index (χ0v) is 15.3. The normalized spacial score (nSPS) is 16.0. The maximum atomic E-state index is 12.3. The lowest BCUT2D eigenvalue weighted by Crippen LogP contribution is -2.31. The average Bonchev–Trinajstić information content (AvgIpc) is 2.88. The Morgan fingerprint density at radius 1 is 1.08 bits per heavy atom. The second kappa shape index (κ2) is 9.18. The van der Waals surface area contributed by atoms with Gasteiger partial charge in [-0.25, -0.2) is 13.1 Å². The molecule has 134 valence electrons. The molecule has 1 fully saturated rings. The van der Waals surface area contributed by atoms with Crippen molar-refractivity contribution in [1.29, 1.82) is 0 Å². The summed E-state index contributed by atoms with van der Waals surface area (Å²) in [5.74, 6) is 0.207. The van der Waals surface area contributed by atoms with Crippen LogP contribution in [-0.4, -0.2) is 38.9 Å². The van der Waals surface area contributed by atoms with Crippen molar-refractivity contribution in [3.05, 3.63) is 29.8 Å². The highest BCUT2D eigenvalue weighted by Crippen LogP contribution is 2.14. The fourth-order valence-corrected chi connectivity index (χ4v) is 4.02. The summed E-state index contributed by atoms with van der Waals surface area (Å²) < 4.78 is 26.6. The number of benzene rings is 1.